The van der Waals surface area contributed by atoms with E-state index in [2.05, 4.69) is 25.2 Å². The van der Waals surface area contributed by atoms with Crippen LogP contribution in [-0.4, -0.2) is 55.4 Å². The maximum atomic E-state index is 6.08. The van der Waals surface area contributed by atoms with Crippen LogP contribution in [0.1, 0.15) is 12.2 Å². The van der Waals surface area contributed by atoms with Gasteiger partial charge < -0.3 is 19.7 Å². The average molecular weight is 433 g/mol. The van der Waals surface area contributed by atoms with Crippen molar-refractivity contribution in [1.29, 1.82) is 0 Å². The zero-order valence-electron chi connectivity index (χ0n) is 15.0. The number of hydrogen-bond donors (Lipinski definition) is 1. The largest absolute Gasteiger partial charge is 0.497 e. The molecule has 1 saturated heterocycles. The van der Waals surface area contributed by atoms with Crippen LogP contribution in [0.15, 0.2) is 18.2 Å². The fraction of sp³-hybridized carbons (Fsp3) is 0.471. The highest BCUT2D eigenvalue weighted by Crippen LogP contribution is 2.38. The summed E-state index contributed by atoms with van der Waals surface area (Å²) in [4.78, 5) is 15.5. The Morgan fingerprint density at radius 2 is 1.67 bits per heavy atom. The molecule has 2 heterocycles. The summed E-state index contributed by atoms with van der Waals surface area (Å²) in [6.07, 6.45) is 0.969. The number of anilines is 1. The van der Waals surface area contributed by atoms with Crippen molar-refractivity contribution in [2.75, 3.05) is 45.3 Å². The predicted octanol–water partition coefficient (Wildman–Crippen LogP) is 3.18. The maximum absolute atomic E-state index is 6.08. The van der Waals surface area contributed by atoms with E-state index in [9.17, 15) is 0 Å². The summed E-state index contributed by atoms with van der Waals surface area (Å²) in [5.41, 5.74) is 0.679. The van der Waals surface area contributed by atoms with Gasteiger partial charge >= 0.3 is 0 Å². The number of hydrogen-bond acceptors (Lipinski definition) is 7. The molecule has 1 aliphatic heterocycles. The fourth-order valence-electron chi connectivity index (χ4n) is 2.74. The average Bonchev–Trinajstić information content (AvgIpc) is 2.96. The highest BCUT2D eigenvalue weighted by molar-refractivity contribution is 6.66. The second kappa shape index (κ2) is 8.65. The van der Waals surface area contributed by atoms with E-state index < -0.39 is 3.79 Å². The lowest BCUT2D eigenvalue weighted by atomic mass is 10.2. The summed E-state index contributed by atoms with van der Waals surface area (Å²) in [5, 5.41) is 3.34. The molecule has 0 aliphatic carbocycles. The standard InChI is InChI=1S/C17H20Cl3N5O2/c1-26-12-8-11(9-13(10-12)27-2)14-22-15(17(18,19)20)24-16(23-14)25-6-3-4-21-5-7-25/h8-10,21H,3-7H2,1-2H3. The van der Waals surface area contributed by atoms with Crippen molar-refractivity contribution in [3.63, 3.8) is 0 Å². The number of benzene rings is 1. The van der Waals surface area contributed by atoms with E-state index in [1.807, 2.05) is 0 Å². The second-order valence-corrected chi connectivity index (χ2v) is 8.25. The molecule has 0 atom stereocenters. The maximum Gasteiger partial charge on any atom is 0.250 e. The molecule has 0 radical (unpaired) electrons. The molecular weight excluding hydrogens is 413 g/mol. The first-order valence-corrected chi connectivity index (χ1v) is 9.56. The fourth-order valence-corrected chi connectivity index (χ4v) is 3.00. The molecule has 7 nitrogen and oxygen atoms in total. The van der Waals surface area contributed by atoms with E-state index in [1.54, 1.807) is 32.4 Å². The van der Waals surface area contributed by atoms with Crippen LogP contribution in [0.3, 0.4) is 0 Å². The summed E-state index contributed by atoms with van der Waals surface area (Å²) < 4.78 is 8.90. The molecule has 0 bridgehead atoms. The first-order chi connectivity index (χ1) is 12.9. The lowest BCUT2D eigenvalue weighted by molar-refractivity contribution is 0.394. The minimum atomic E-state index is -1.76. The zero-order chi connectivity index (χ0) is 19.4. The third-order valence-electron chi connectivity index (χ3n) is 4.11. The van der Waals surface area contributed by atoms with E-state index in [0.29, 0.717) is 28.8 Å². The molecule has 2 aromatic rings. The van der Waals surface area contributed by atoms with E-state index in [4.69, 9.17) is 44.3 Å². The van der Waals surface area contributed by atoms with Crippen LogP contribution in [0, 0.1) is 0 Å². The number of halogens is 3. The summed E-state index contributed by atoms with van der Waals surface area (Å²) in [7, 11) is 3.16. The molecule has 1 N–H and O–H groups in total. The molecule has 1 aliphatic rings. The minimum absolute atomic E-state index is 0.0755. The molecule has 3 rings (SSSR count). The smallest absolute Gasteiger partial charge is 0.250 e. The molecule has 10 heteroatoms. The molecular formula is C17H20Cl3N5O2. The van der Waals surface area contributed by atoms with Crippen molar-refractivity contribution >= 4 is 40.8 Å². The van der Waals surface area contributed by atoms with Gasteiger partial charge in [-0.1, -0.05) is 34.8 Å². The molecule has 0 spiro atoms. The third-order valence-corrected chi connectivity index (χ3v) is 4.62. The third kappa shape index (κ3) is 5.04. The van der Waals surface area contributed by atoms with Crippen molar-refractivity contribution in [3.8, 4) is 22.9 Å². The number of nitrogens with zero attached hydrogens (tertiary/aromatic N) is 4. The Morgan fingerprint density at radius 1 is 0.963 bits per heavy atom. The Hall–Kier alpha value is -1.54. The lowest BCUT2D eigenvalue weighted by Gasteiger charge is -2.22. The van der Waals surface area contributed by atoms with Gasteiger partial charge in [-0.3, -0.25) is 0 Å². The van der Waals surface area contributed by atoms with E-state index in [0.717, 1.165) is 32.6 Å². The molecule has 27 heavy (non-hydrogen) atoms. The Balaban J connectivity index is 2.10. The van der Waals surface area contributed by atoms with Crippen LogP contribution >= 0.6 is 34.8 Å². The Bertz CT molecular complexity index is 770. The minimum Gasteiger partial charge on any atom is -0.497 e. The number of methoxy groups -OCH3 is 2. The number of nitrogens with one attached hydrogen (secondary N) is 1. The van der Waals surface area contributed by atoms with Crippen LogP contribution in [0.4, 0.5) is 5.95 Å². The SMILES string of the molecule is COc1cc(OC)cc(-c2nc(N3CCCNCC3)nc(C(Cl)(Cl)Cl)n2)c1. The molecule has 0 amide bonds. The molecule has 0 saturated carbocycles. The van der Waals surface area contributed by atoms with Crippen LogP contribution in [-0.2, 0) is 3.79 Å². The van der Waals surface area contributed by atoms with Crippen molar-refractivity contribution in [1.82, 2.24) is 20.3 Å². The molecule has 0 unspecified atom stereocenters. The van der Waals surface area contributed by atoms with Gasteiger partial charge in [0.2, 0.25) is 9.74 Å². The first kappa shape index (κ1) is 20.2. The van der Waals surface area contributed by atoms with Gasteiger partial charge in [-0.05, 0) is 25.1 Å². The second-order valence-electron chi connectivity index (χ2n) is 5.97. The highest BCUT2D eigenvalue weighted by atomic mass is 35.6. The van der Waals surface area contributed by atoms with Gasteiger partial charge in [0.25, 0.3) is 0 Å². The van der Waals surface area contributed by atoms with Gasteiger partial charge in [0.05, 0.1) is 14.2 Å². The quantitative estimate of drug-likeness (QED) is 0.744. The lowest BCUT2D eigenvalue weighted by Crippen LogP contribution is -2.30. The van der Waals surface area contributed by atoms with Crippen LogP contribution < -0.4 is 19.7 Å². The van der Waals surface area contributed by atoms with Gasteiger partial charge in [0.15, 0.2) is 11.6 Å². The van der Waals surface area contributed by atoms with E-state index in [1.165, 1.54) is 0 Å². The van der Waals surface area contributed by atoms with Gasteiger partial charge in [-0.15, -0.1) is 0 Å². The van der Waals surface area contributed by atoms with E-state index >= 15 is 0 Å². The molecule has 1 fully saturated rings. The van der Waals surface area contributed by atoms with Gasteiger partial charge in [0, 0.05) is 31.3 Å². The van der Waals surface area contributed by atoms with Gasteiger partial charge in [-0.25, -0.2) is 4.98 Å². The number of rotatable bonds is 4. The summed E-state index contributed by atoms with van der Waals surface area (Å²) in [6, 6.07) is 5.36. The first-order valence-electron chi connectivity index (χ1n) is 8.43. The Labute approximate surface area is 173 Å². The molecule has 1 aromatic carbocycles. The van der Waals surface area contributed by atoms with Crippen LogP contribution in [0.2, 0.25) is 0 Å². The van der Waals surface area contributed by atoms with Crippen molar-refractivity contribution < 1.29 is 9.47 Å². The summed E-state index contributed by atoms with van der Waals surface area (Å²) in [5.74, 6) is 2.16. The van der Waals surface area contributed by atoms with Gasteiger partial charge in [0.1, 0.15) is 11.5 Å². The van der Waals surface area contributed by atoms with Crippen molar-refractivity contribution in [2.24, 2.45) is 0 Å². The zero-order valence-corrected chi connectivity index (χ0v) is 17.3. The van der Waals surface area contributed by atoms with E-state index in [-0.39, 0.29) is 5.82 Å². The number of ether oxygens (including phenoxy) is 2. The van der Waals surface area contributed by atoms with Crippen LogP contribution in [0.25, 0.3) is 11.4 Å². The monoisotopic (exact) mass is 431 g/mol. The normalized spacial score (nSPS) is 15.4. The van der Waals surface area contributed by atoms with Crippen molar-refractivity contribution in [2.45, 2.75) is 10.2 Å². The predicted molar refractivity (Wildman–Crippen MR) is 107 cm³/mol. The summed E-state index contributed by atoms with van der Waals surface area (Å²) >= 11 is 18.2. The Morgan fingerprint density at radius 3 is 2.30 bits per heavy atom. The van der Waals surface area contributed by atoms with Gasteiger partial charge in [-0.2, -0.15) is 9.97 Å². The molecule has 1 aromatic heterocycles. The topological polar surface area (TPSA) is 72.4 Å². The summed E-state index contributed by atoms with van der Waals surface area (Å²) in [6.45, 7) is 3.33. The van der Waals surface area contributed by atoms with Crippen LogP contribution in [0.5, 0.6) is 11.5 Å². The molecule has 146 valence electrons. The Kier molecular flexibility index (Phi) is 6.47. The highest BCUT2D eigenvalue weighted by Gasteiger charge is 2.29. The number of alkyl halides is 3. The number of aromatic nitrogens is 3. The van der Waals surface area contributed by atoms with Crippen molar-refractivity contribution in [3.05, 3.63) is 24.0 Å².